The van der Waals surface area contributed by atoms with Gasteiger partial charge in [0.2, 0.25) is 0 Å². The first-order valence-electron chi connectivity index (χ1n) is 18.0. The second-order valence-electron chi connectivity index (χ2n) is 16.7. The largest absolute Gasteiger partial charge is 0.489 e. The van der Waals surface area contributed by atoms with Crippen LogP contribution in [0.1, 0.15) is 86.3 Å². The quantitative estimate of drug-likeness (QED) is 0.176. The molecule has 0 fully saturated rings. The Labute approximate surface area is 285 Å². The molecule has 6 rings (SSSR count). The standard InChI is InChI=1S/C45H56OSi/c1-12-24-46-41-36(31-18-16-15-17-19-31)25-30(4)26-38(41)47(13-2,14-3)42-37-29-44(8,9)23-22-35(37)40-39(42)34-21-20-33(43(5,6)7)27-32(34)28-45(40,10)11/h12,15-21,25-29,42H,1,13-14,22-24H2,2-11H3. The van der Waals surface area contributed by atoms with Gasteiger partial charge in [-0.3, -0.25) is 0 Å². The van der Waals surface area contributed by atoms with Crippen LogP contribution in [-0.4, -0.2) is 14.7 Å². The van der Waals surface area contributed by atoms with Gasteiger partial charge in [0.25, 0.3) is 0 Å². The molecule has 47 heavy (non-hydrogen) atoms. The Hall–Kier alpha value is -3.36. The molecule has 1 nitrogen and oxygen atoms in total. The van der Waals surface area contributed by atoms with E-state index < -0.39 is 8.07 Å². The van der Waals surface area contributed by atoms with Gasteiger partial charge in [-0.1, -0.05) is 159 Å². The molecule has 3 aromatic carbocycles. The Balaban J connectivity index is 1.75. The van der Waals surface area contributed by atoms with E-state index in [4.69, 9.17) is 4.74 Å². The van der Waals surface area contributed by atoms with Gasteiger partial charge in [0.05, 0.1) is 0 Å². The van der Waals surface area contributed by atoms with E-state index in [0.717, 1.165) is 24.3 Å². The Kier molecular flexibility index (Phi) is 8.53. The Morgan fingerprint density at radius 2 is 1.64 bits per heavy atom. The van der Waals surface area contributed by atoms with Gasteiger partial charge < -0.3 is 4.74 Å². The third kappa shape index (κ3) is 5.65. The highest BCUT2D eigenvalue weighted by atomic mass is 28.3. The molecule has 3 aliphatic carbocycles. The summed E-state index contributed by atoms with van der Waals surface area (Å²) in [6, 6.07) is 25.4. The maximum absolute atomic E-state index is 6.84. The first-order chi connectivity index (χ1) is 22.2. The summed E-state index contributed by atoms with van der Waals surface area (Å²) in [4.78, 5) is 0. The van der Waals surface area contributed by atoms with Crippen molar-refractivity contribution in [3.05, 3.63) is 118 Å². The molecule has 0 amide bonds. The maximum atomic E-state index is 6.84. The number of fused-ring (bicyclic) bond motifs is 3. The van der Waals surface area contributed by atoms with Crippen molar-refractivity contribution >= 4 is 24.9 Å². The Morgan fingerprint density at radius 3 is 2.28 bits per heavy atom. The first-order valence-corrected chi connectivity index (χ1v) is 20.5. The van der Waals surface area contributed by atoms with Gasteiger partial charge in [-0.25, -0.2) is 0 Å². The average Bonchev–Trinajstić information content (AvgIpc) is 3.36. The first kappa shape index (κ1) is 33.5. The van der Waals surface area contributed by atoms with Crippen LogP contribution >= 0.6 is 0 Å². The lowest BCUT2D eigenvalue weighted by Crippen LogP contribution is -2.53. The zero-order chi connectivity index (χ0) is 33.9. The minimum Gasteiger partial charge on any atom is -0.489 e. The van der Waals surface area contributed by atoms with Crippen molar-refractivity contribution < 1.29 is 4.74 Å². The number of allylic oxidation sites excluding steroid dienone is 4. The summed E-state index contributed by atoms with van der Waals surface area (Å²) in [5.74, 6) is 1.08. The summed E-state index contributed by atoms with van der Waals surface area (Å²) < 4.78 is 6.84. The van der Waals surface area contributed by atoms with Gasteiger partial charge >= 0.3 is 0 Å². The third-order valence-corrected chi connectivity index (χ3v) is 17.1. The van der Waals surface area contributed by atoms with Crippen LogP contribution in [0.3, 0.4) is 0 Å². The normalized spacial score (nSPS) is 19.7. The van der Waals surface area contributed by atoms with E-state index in [2.05, 4.69) is 149 Å². The van der Waals surface area contributed by atoms with Crippen LogP contribution in [0.15, 0.2) is 96.1 Å². The third-order valence-electron chi connectivity index (χ3n) is 11.5. The van der Waals surface area contributed by atoms with Gasteiger partial charge in [0, 0.05) is 16.5 Å². The molecule has 0 heterocycles. The van der Waals surface area contributed by atoms with Crippen molar-refractivity contribution in [1.29, 1.82) is 0 Å². The molecule has 1 atom stereocenters. The molecule has 246 valence electrons. The van der Waals surface area contributed by atoms with Gasteiger partial charge in [0.1, 0.15) is 20.4 Å². The van der Waals surface area contributed by atoms with E-state index >= 15 is 0 Å². The molecule has 1 unspecified atom stereocenters. The predicted molar refractivity (Wildman–Crippen MR) is 207 cm³/mol. The Morgan fingerprint density at radius 1 is 0.936 bits per heavy atom. The predicted octanol–water partition coefficient (Wildman–Crippen LogP) is 10.3. The lowest BCUT2D eigenvalue weighted by atomic mass is 9.72. The molecule has 2 heteroatoms. The van der Waals surface area contributed by atoms with Crippen LogP contribution in [0.5, 0.6) is 5.75 Å². The molecule has 0 N–H and O–H groups in total. The molecule has 0 bridgehead atoms. The number of ether oxygens (including phenoxy) is 1. The molecule has 0 spiro atoms. The minimum atomic E-state index is -2.36. The number of aryl methyl sites for hydroxylation is 1. The zero-order valence-electron chi connectivity index (χ0n) is 30.7. The van der Waals surface area contributed by atoms with Crippen LogP contribution in [0.4, 0.5) is 0 Å². The zero-order valence-corrected chi connectivity index (χ0v) is 31.7. The summed E-state index contributed by atoms with van der Waals surface area (Å²) in [5, 5.41) is 4.35. The van der Waals surface area contributed by atoms with E-state index in [9.17, 15) is 0 Å². The highest BCUT2D eigenvalue weighted by Gasteiger charge is 2.54. The smallest absolute Gasteiger partial charge is 0.126 e. The van der Waals surface area contributed by atoms with E-state index in [1.54, 1.807) is 22.3 Å². The topological polar surface area (TPSA) is 9.23 Å². The molecule has 0 aliphatic heterocycles. The maximum Gasteiger partial charge on any atom is 0.126 e. The molecule has 0 radical (unpaired) electrons. The summed E-state index contributed by atoms with van der Waals surface area (Å²) in [7, 11) is -2.36. The highest BCUT2D eigenvalue weighted by Crippen LogP contribution is 2.62. The van der Waals surface area contributed by atoms with Crippen molar-refractivity contribution in [3.8, 4) is 16.9 Å². The number of rotatable bonds is 8. The van der Waals surface area contributed by atoms with Crippen molar-refractivity contribution in [3.63, 3.8) is 0 Å². The van der Waals surface area contributed by atoms with E-state index in [-0.39, 0.29) is 16.2 Å². The number of benzene rings is 3. The summed E-state index contributed by atoms with van der Waals surface area (Å²) >= 11 is 0. The van der Waals surface area contributed by atoms with Crippen LogP contribution in [0.25, 0.3) is 22.8 Å². The fraction of sp³-hybridized carbons (Fsp3) is 0.422. The summed E-state index contributed by atoms with van der Waals surface area (Å²) in [6.45, 7) is 28.6. The molecule has 0 aromatic heterocycles. The lowest BCUT2D eigenvalue weighted by molar-refractivity contribution is 0.367. The van der Waals surface area contributed by atoms with Crippen molar-refractivity contribution in [2.45, 2.75) is 105 Å². The van der Waals surface area contributed by atoms with Crippen LogP contribution in [-0.2, 0) is 5.41 Å². The molecular weight excluding hydrogens is 585 g/mol. The lowest BCUT2D eigenvalue weighted by Gasteiger charge is -2.42. The average molecular weight is 641 g/mol. The highest BCUT2D eigenvalue weighted by molar-refractivity contribution is 6.95. The number of hydrogen-bond acceptors (Lipinski definition) is 1. The number of hydrogen-bond donors (Lipinski definition) is 0. The second kappa shape index (κ2) is 12.0. The molecule has 3 aliphatic rings. The van der Waals surface area contributed by atoms with Crippen LogP contribution in [0.2, 0.25) is 17.6 Å². The van der Waals surface area contributed by atoms with Gasteiger partial charge in [-0.05, 0) is 85.7 Å². The summed E-state index contributed by atoms with van der Waals surface area (Å²) in [5.41, 5.74) is 12.3. The molecular formula is C45H56OSi. The van der Waals surface area contributed by atoms with Crippen molar-refractivity contribution in [2.24, 2.45) is 10.8 Å². The molecule has 3 aromatic rings. The van der Waals surface area contributed by atoms with E-state index in [0.29, 0.717) is 12.1 Å². The molecule has 0 saturated carbocycles. The SMILES string of the molecule is C=CCOc1c(-c2ccccc2)cc(C)cc1[Si](CC)(CC)C1C2=CC(C)(C)CCC2=C2C1=c1ccc(C(C)(C)C)cc1=CC2(C)C. The fourth-order valence-corrected chi connectivity index (χ4v) is 14.4. The fourth-order valence-electron chi connectivity index (χ4n) is 9.08. The van der Waals surface area contributed by atoms with Gasteiger partial charge in [0.15, 0.2) is 0 Å². The molecule has 0 saturated heterocycles. The Bertz CT molecular complexity index is 1900. The monoisotopic (exact) mass is 640 g/mol. The van der Waals surface area contributed by atoms with Crippen molar-refractivity contribution in [1.82, 2.24) is 0 Å². The van der Waals surface area contributed by atoms with Crippen LogP contribution < -0.4 is 20.4 Å². The van der Waals surface area contributed by atoms with E-state index in [1.807, 2.05) is 6.08 Å². The summed E-state index contributed by atoms with van der Waals surface area (Å²) in [6.07, 6.45) is 9.55. The second-order valence-corrected chi connectivity index (χ2v) is 21.6. The van der Waals surface area contributed by atoms with Crippen molar-refractivity contribution in [2.75, 3.05) is 6.61 Å². The van der Waals surface area contributed by atoms with Gasteiger partial charge in [-0.15, -0.1) is 0 Å². The van der Waals surface area contributed by atoms with Gasteiger partial charge in [-0.2, -0.15) is 0 Å². The van der Waals surface area contributed by atoms with E-state index in [1.165, 1.54) is 44.3 Å². The minimum absolute atomic E-state index is 0.0465. The van der Waals surface area contributed by atoms with Crippen LogP contribution in [0, 0.1) is 17.8 Å².